The Morgan fingerprint density at radius 2 is 1.85 bits per heavy atom. The number of nitrogens with zero attached hydrogens (tertiary/aromatic N) is 2. The van der Waals surface area contributed by atoms with E-state index in [9.17, 15) is 9.90 Å². The molecule has 1 saturated carbocycles. The zero-order valence-electron chi connectivity index (χ0n) is 17.1. The van der Waals surface area contributed by atoms with Crippen LogP contribution >= 0.6 is 15.9 Å². The number of ether oxygens (including phenoxy) is 1. The smallest absolute Gasteiger partial charge is 0.337 e. The summed E-state index contributed by atoms with van der Waals surface area (Å²) < 4.78 is 6.88. The lowest BCUT2D eigenvalue weighted by Crippen LogP contribution is -2.32. The lowest BCUT2D eigenvalue weighted by Gasteiger charge is -2.32. The van der Waals surface area contributed by atoms with E-state index in [1.54, 1.807) is 0 Å². The van der Waals surface area contributed by atoms with Crippen LogP contribution < -0.4 is 4.90 Å². The SMILES string of the molecule is Cc1nc(C)c(C(OC(C)(C)C)C(=O)O)c(N2CCC3(CCCC3)C2)c1Br. The van der Waals surface area contributed by atoms with Gasteiger partial charge in [-0.25, -0.2) is 4.79 Å². The molecule has 2 heterocycles. The summed E-state index contributed by atoms with van der Waals surface area (Å²) >= 11 is 3.72. The van der Waals surface area contributed by atoms with Crippen molar-refractivity contribution in [1.29, 1.82) is 0 Å². The summed E-state index contributed by atoms with van der Waals surface area (Å²) in [4.78, 5) is 19.1. The third-order valence-corrected chi connectivity index (χ3v) is 6.83. The Hall–Kier alpha value is -1.14. The van der Waals surface area contributed by atoms with Crippen LogP contribution in [-0.4, -0.2) is 34.8 Å². The highest BCUT2D eigenvalue weighted by Crippen LogP contribution is 2.49. The van der Waals surface area contributed by atoms with Gasteiger partial charge < -0.3 is 14.7 Å². The van der Waals surface area contributed by atoms with Crippen molar-refractivity contribution in [1.82, 2.24) is 4.98 Å². The Balaban J connectivity index is 2.08. The molecule has 1 unspecified atom stereocenters. The zero-order chi connectivity index (χ0) is 20.0. The molecule has 0 radical (unpaired) electrons. The lowest BCUT2D eigenvalue weighted by atomic mass is 9.86. The van der Waals surface area contributed by atoms with Gasteiger partial charge in [-0.1, -0.05) is 12.8 Å². The molecule has 5 nitrogen and oxygen atoms in total. The van der Waals surface area contributed by atoms with Crippen LogP contribution in [0.5, 0.6) is 0 Å². The number of pyridine rings is 1. The van der Waals surface area contributed by atoms with Gasteiger partial charge in [0.05, 0.1) is 21.5 Å². The first-order valence-corrected chi connectivity index (χ1v) is 10.6. The predicted octanol–water partition coefficient (Wildman–Crippen LogP) is 5.17. The standard InChI is InChI=1S/C21H31BrN2O3/c1-13-15(18(19(25)26)27-20(3,4)5)17(16(22)14(2)23-13)24-11-10-21(12-24)8-6-7-9-21/h18H,6-12H2,1-5H3,(H,25,26). The van der Waals surface area contributed by atoms with E-state index in [-0.39, 0.29) is 0 Å². The van der Waals surface area contributed by atoms with Crippen LogP contribution in [0, 0.1) is 19.3 Å². The van der Waals surface area contributed by atoms with Crippen molar-refractivity contribution >= 4 is 27.6 Å². The summed E-state index contributed by atoms with van der Waals surface area (Å²) in [6.07, 6.45) is 5.31. The van der Waals surface area contributed by atoms with E-state index >= 15 is 0 Å². The molecule has 27 heavy (non-hydrogen) atoms. The fourth-order valence-corrected chi connectivity index (χ4v) is 5.24. The molecule has 1 aliphatic carbocycles. The average Bonchev–Trinajstić information content (AvgIpc) is 3.18. The van der Waals surface area contributed by atoms with Gasteiger partial charge in [0.1, 0.15) is 0 Å². The molecule has 1 saturated heterocycles. The monoisotopic (exact) mass is 438 g/mol. The molecule has 2 aliphatic rings. The third-order valence-electron chi connectivity index (χ3n) is 5.88. The molecule has 1 aliphatic heterocycles. The van der Waals surface area contributed by atoms with Gasteiger partial charge in [-0.05, 0) is 75.2 Å². The Morgan fingerprint density at radius 3 is 2.41 bits per heavy atom. The van der Waals surface area contributed by atoms with E-state index in [0.29, 0.717) is 11.0 Å². The van der Waals surface area contributed by atoms with E-state index in [1.807, 2.05) is 34.6 Å². The number of aromatic nitrogens is 1. The highest BCUT2D eigenvalue weighted by Gasteiger charge is 2.43. The molecule has 1 aromatic rings. The number of carboxylic acids is 1. The Bertz CT molecular complexity index is 736. The summed E-state index contributed by atoms with van der Waals surface area (Å²) in [5.41, 5.74) is 3.09. The fourth-order valence-electron chi connectivity index (χ4n) is 4.69. The number of aryl methyl sites for hydroxylation is 2. The number of anilines is 1. The van der Waals surface area contributed by atoms with E-state index in [4.69, 9.17) is 4.74 Å². The number of carbonyl (C=O) groups is 1. The Kier molecular flexibility index (Phi) is 5.61. The lowest BCUT2D eigenvalue weighted by molar-refractivity contribution is -0.160. The summed E-state index contributed by atoms with van der Waals surface area (Å²) in [5, 5.41) is 9.96. The van der Waals surface area contributed by atoms with Crippen molar-refractivity contribution in [2.75, 3.05) is 18.0 Å². The average molecular weight is 439 g/mol. The van der Waals surface area contributed by atoms with Gasteiger partial charge in [-0.3, -0.25) is 4.98 Å². The molecule has 0 aromatic carbocycles. The van der Waals surface area contributed by atoms with Crippen LogP contribution in [0.4, 0.5) is 5.69 Å². The number of carboxylic acid groups (broad SMARTS) is 1. The summed E-state index contributed by atoms with van der Waals surface area (Å²) in [6.45, 7) is 11.5. The molecule has 6 heteroatoms. The second-order valence-corrected chi connectivity index (χ2v) is 9.98. The first kappa shape index (κ1) is 20.6. The van der Waals surface area contributed by atoms with Crippen LogP contribution in [0.3, 0.4) is 0 Å². The second kappa shape index (κ2) is 7.36. The van der Waals surface area contributed by atoms with Crippen molar-refractivity contribution in [3.8, 4) is 0 Å². The molecule has 1 aromatic heterocycles. The van der Waals surface area contributed by atoms with Crippen LogP contribution in [0.2, 0.25) is 0 Å². The molecule has 3 rings (SSSR count). The van der Waals surface area contributed by atoms with Crippen molar-refractivity contribution in [2.45, 2.75) is 78.4 Å². The summed E-state index contributed by atoms with van der Waals surface area (Å²) in [5.74, 6) is -0.971. The molecule has 150 valence electrons. The van der Waals surface area contributed by atoms with Crippen LogP contribution in [-0.2, 0) is 9.53 Å². The first-order valence-electron chi connectivity index (χ1n) is 9.85. The van der Waals surface area contributed by atoms with Gasteiger partial charge in [0.25, 0.3) is 0 Å². The van der Waals surface area contributed by atoms with Gasteiger partial charge >= 0.3 is 5.97 Å². The number of hydrogen-bond acceptors (Lipinski definition) is 4. The molecule has 0 bridgehead atoms. The number of aliphatic carboxylic acids is 1. The molecule has 1 atom stereocenters. The molecule has 1 N–H and O–H groups in total. The van der Waals surface area contributed by atoms with Gasteiger partial charge in [-0.2, -0.15) is 0 Å². The van der Waals surface area contributed by atoms with Crippen LogP contribution in [0.15, 0.2) is 4.47 Å². The highest BCUT2D eigenvalue weighted by atomic mass is 79.9. The van der Waals surface area contributed by atoms with Gasteiger partial charge in [0, 0.05) is 24.3 Å². The summed E-state index contributed by atoms with van der Waals surface area (Å²) in [7, 11) is 0. The maximum atomic E-state index is 12.2. The highest BCUT2D eigenvalue weighted by molar-refractivity contribution is 9.10. The largest absolute Gasteiger partial charge is 0.479 e. The topological polar surface area (TPSA) is 62.7 Å². The van der Waals surface area contributed by atoms with E-state index in [2.05, 4.69) is 25.8 Å². The van der Waals surface area contributed by atoms with Crippen molar-refractivity contribution in [3.05, 3.63) is 21.4 Å². The van der Waals surface area contributed by atoms with Gasteiger partial charge in [-0.15, -0.1) is 0 Å². The number of hydrogen-bond donors (Lipinski definition) is 1. The van der Waals surface area contributed by atoms with Crippen LogP contribution in [0.1, 0.15) is 75.9 Å². The first-order chi connectivity index (χ1) is 12.5. The summed E-state index contributed by atoms with van der Waals surface area (Å²) in [6, 6.07) is 0. The maximum Gasteiger partial charge on any atom is 0.337 e. The van der Waals surface area contributed by atoms with E-state index < -0.39 is 17.7 Å². The van der Waals surface area contributed by atoms with Crippen molar-refractivity contribution in [2.24, 2.45) is 5.41 Å². The molecular weight excluding hydrogens is 408 g/mol. The van der Waals surface area contributed by atoms with Gasteiger partial charge in [0.2, 0.25) is 0 Å². The maximum absolute atomic E-state index is 12.2. The molecule has 2 fully saturated rings. The minimum atomic E-state index is -1.04. The van der Waals surface area contributed by atoms with Gasteiger partial charge in [0.15, 0.2) is 6.10 Å². The zero-order valence-corrected chi connectivity index (χ0v) is 18.6. The molecule has 1 spiro atoms. The van der Waals surface area contributed by atoms with E-state index in [1.165, 1.54) is 32.1 Å². The normalized spacial score (nSPS) is 20.4. The molecular formula is C21H31BrN2O3. The second-order valence-electron chi connectivity index (χ2n) is 9.19. The fraction of sp³-hybridized carbons (Fsp3) is 0.714. The Morgan fingerprint density at radius 1 is 1.22 bits per heavy atom. The third kappa shape index (κ3) is 4.16. The van der Waals surface area contributed by atoms with Crippen molar-refractivity contribution < 1.29 is 14.6 Å². The minimum Gasteiger partial charge on any atom is -0.479 e. The minimum absolute atomic E-state index is 0.394. The quantitative estimate of drug-likeness (QED) is 0.701. The number of rotatable bonds is 4. The van der Waals surface area contributed by atoms with Crippen LogP contribution in [0.25, 0.3) is 0 Å². The number of halogens is 1. The molecule has 0 amide bonds. The Labute approximate surface area is 170 Å². The van der Waals surface area contributed by atoms with Crippen molar-refractivity contribution in [3.63, 3.8) is 0 Å². The van der Waals surface area contributed by atoms with E-state index in [0.717, 1.165) is 34.6 Å². The predicted molar refractivity (Wildman–Crippen MR) is 110 cm³/mol.